The van der Waals surface area contributed by atoms with Crippen molar-refractivity contribution in [3.8, 4) is 0 Å². The molecule has 4 heteroatoms. The maximum Gasteiger partial charge on any atom is 0.0913 e. The van der Waals surface area contributed by atoms with Gasteiger partial charge in [0, 0.05) is 17.9 Å². The Balaban J connectivity index is 0.000000196. The molecule has 0 heterocycles. The first-order chi connectivity index (χ1) is 16.8. The highest BCUT2D eigenvalue weighted by Crippen LogP contribution is 2.19. The highest BCUT2D eigenvalue weighted by atomic mass is 32.2. The Morgan fingerprint density at radius 3 is 1.82 bits per heavy atom. The second-order valence-corrected chi connectivity index (χ2v) is 8.99. The van der Waals surface area contributed by atoms with Crippen LogP contribution in [0, 0.1) is 0 Å². The molecular weight excluding hydrogens is 440 g/mol. The molecular formula is C30H34O3S. The van der Waals surface area contributed by atoms with Crippen LogP contribution in [-0.4, -0.2) is 43.0 Å². The third-order valence-corrected chi connectivity index (χ3v) is 6.42. The molecule has 4 rings (SSSR count). The van der Waals surface area contributed by atoms with Crippen LogP contribution in [0.25, 0.3) is 21.5 Å². The number of rotatable bonds is 12. The molecule has 0 spiro atoms. The van der Waals surface area contributed by atoms with Crippen molar-refractivity contribution in [1.82, 2.24) is 0 Å². The molecule has 0 saturated carbocycles. The van der Waals surface area contributed by atoms with Gasteiger partial charge in [0.1, 0.15) is 0 Å². The molecule has 0 atom stereocenters. The number of aliphatic hydroxyl groups is 1. The standard InChI is InChI=1S/C16H20O2S.C14H14O/c17-9-12-19-13-11-18-10-8-15-6-3-5-14-4-1-2-7-16(14)15;1-2-15-11-10-13-8-5-7-12-6-3-4-9-14(12)13/h1-7,17H,8-13H2;2-9H,1,10-11H2. The number of thioether (sulfide) groups is 1. The molecule has 34 heavy (non-hydrogen) atoms. The van der Waals surface area contributed by atoms with Crippen LogP contribution in [-0.2, 0) is 22.3 Å². The van der Waals surface area contributed by atoms with Gasteiger partial charge in [0.05, 0.1) is 32.7 Å². The minimum absolute atomic E-state index is 0.251. The second-order valence-electron chi connectivity index (χ2n) is 7.76. The quantitative estimate of drug-likeness (QED) is 0.184. The number of hydrogen-bond donors (Lipinski definition) is 1. The van der Waals surface area contributed by atoms with Gasteiger partial charge in [-0.05, 0) is 39.1 Å². The fourth-order valence-electron chi connectivity index (χ4n) is 3.84. The average molecular weight is 475 g/mol. The highest BCUT2D eigenvalue weighted by Gasteiger charge is 2.01. The van der Waals surface area contributed by atoms with Gasteiger partial charge in [-0.2, -0.15) is 11.8 Å². The molecule has 0 saturated heterocycles. The molecule has 0 radical (unpaired) electrons. The van der Waals surface area contributed by atoms with E-state index in [4.69, 9.17) is 14.6 Å². The van der Waals surface area contributed by atoms with Crippen LogP contribution < -0.4 is 0 Å². The molecule has 0 bridgehead atoms. The Morgan fingerprint density at radius 2 is 1.24 bits per heavy atom. The zero-order valence-electron chi connectivity index (χ0n) is 19.7. The molecule has 0 fully saturated rings. The predicted octanol–water partition coefficient (Wildman–Crippen LogP) is 6.67. The van der Waals surface area contributed by atoms with Crippen molar-refractivity contribution >= 4 is 33.3 Å². The molecule has 4 aromatic rings. The van der Waals surface area contributed by atoms with Crippen molar-refractivity contribution in [2.45, 2.75) is 12.8 Å². The highest BCUT2D eigenvalue weighted by molar-refractivity contribution is 7.99. The lowest BCUT2D eigenvalue weighted by molar-refractivity contribution is 0.153. The number of benzene rings is 4. The molecule has 3 nitrogen and oxygen atoms in total. The summed E-state index contributed by atoms with van der Waals surface area (Å²) in [7, 11) is 0. The minimum Gasteiger partial charge on any atom is -0.501 e. The molecule has 0 amide bonds. The van der Waals surface area contributed by atoms with E-state index in [1.165, 1.54) is 38.9 Å². The number of hydrogen-bond acceptors (Lipinski definition) is 4. The summed E-state index contributed by atoms with van der Waals surface area (Å²) in [5, 5.41) is 13.9. The van der Waals surface area contributed by atoms with Crippen molar-refractivity contribution in [3.63, 3.8) is 0 Å². The maximum absolute atomic E-state index is 8.66. The first-order valence-electron chi connectivity index (χ1n) is 11.8. The third-order valence-electron chi connectivity index (χ3n) is 5.49. The SMILES string of the molecule is C=COCCc1cccc2ccccc12.OCCSCCOCCc1cccc2ccccc12. The lowest BCUT2D eigenvalue weighted by atomic mass is 10.0. The fourth-order valence-corrected chi connectivity index (χ4v) is 4.41. The zero-order valence-corrected chi connectivity index (χ0v) is 20.5. The Labute approximate surface area is 207 Å². The Hall–Kier alpha value is -2.79. The van der Waals surface area contributed by atoms with Gasteiger partial charge in [0.15, 0.2) is 0 Å². The zero-order chi connectivity index (χ0) is 23.8. The molecule has 4 aromatic carbocycles. The summed E-state index contributed by atoms with van der Waals surface area (Å²) in [5.74, 6) is 1.75. The van der Waals surface area contributed by atoms with Gasteiger partial charge in [-0.25, -0.2) is 0 Å². The van der Waals surface area contributed by atoms with Crippen LogP contribution >= 0.6 is 11.8 Å². The van der Waals surface area contributed by atoms with E-state index >= 15 is 0 Å². The summed E-state index contributed by atoms with van der Waals surface area (Å²) in [6.07, 6.45) is 3.37. The Kier molecular flexibility index (Phi) is 11.5. The van der Waals surface area contributed by atoms with Gasteiger partial charge < -0.3 is 14.6 Å². The largest absolute Gasteiger partial charge is 0.501 e. The van der Waals surface area contributed by atoms with Gasteiger partial charge in [-0.1, -0.05) is 91.5 Å². The topological polar surface area (TPSA) is 38.7 Å². The van der Waals surface area contributed by atoms with Crippen LogP contribution in [0.1, 0.15) is 11.1 Å². The van der Waals surface area contributed by atoms with Crippen LogP contribution in [0.15, 0.2) is 97.8 Å². The summed E-state index contributed by atoms with van der Waals surface area (Å²) in [5.41, 5.74) is 2.68. The van der Waals surface area contributed by atoms with Crippen LogP contribution in [0.2, 0.25) is 0 Å². The number of fused-ring (bicyclic) bond motifs is 2. The summed E-state index contributed by atoms with van der Waals surface area (Å²) in [6, 6.07) is 29.7. The summed E-state index contributed by atoms with van der Waals surface area (Å²) < 4.78 is 10.8. The van der Waals surface area contributed by atoms with Crippen LogP contribution in [0.3, 0.4) is 0 Å². The van der Waals surface area contributed by atoms with E-state index in [0.717, 1.165) is 37.6 Å². The molecule has 0 unspecified atom stereocenters. The Bertz CT molecular complexity index is 1130. The lowest BCUT2D eigenvalue weighted by Gasteiger charge is -2.07. The predicted molar refractivity (Wildman–Crippen MR) is 147 cm³/mol. The van der Waals surface area contributed by atoms with Gasteiger partial charge in [0.25, 0.3) is 0 Å². The summed E-state index contributed by atoms with van der Waals surface area (Å²) >= 11 is 1.73. The third kappa shape index (κ3) is 8.21. The van der Waals surface area contributed by atoms with Crippen molar-refractivity contribution in [1.29, 1.82) is 0 Å². The van der Waals surface area contributed by atoms with Gasteiger partial charge >= 0.3 is 0 Å². The Morgan fingerprint density at radius 1 is 0.676 bits per heavy atom. The maximum atomic E-state index is 8.66. The monoisotopic (exact) mass is 474 g/mol. The fraction of sp³-hybridized carbons (Fsp3) is 0.267. The first-order valence-corrected chi connectivity index (χ1v) is 12.9. The first kappa shape index (κ1) is 25.8. The smallest absolute Gasteiger partial charge is 0.0913 e. The number of ether oxygens (including phenoxy) is 2. The molecule has 0 aliphatic rings. The molecule has 0 aliphatic heterocycles. The van der Waals surface area contributed by atoms with Crippen molar-refractivity contribution in [2.24, 2.45) is 0 Å². The van der Waals surface area contributed by atoms with E-state index in [9.17, 15) is 0 Å². The van der Waals surface area contributed by atoms with Crippen LogP contribution in [0.5, 0.6) is 0 Å². The minimum atomic E-state index is 0.251. The van der Waals surface area contributed by atoms with Crippen molar-refractivity contribution in [3.05, 3.63) is 109 Å². The molecule has 0 aliphatic carbocycles. The van der Waals surface area contributed by atoms with E-state index < -0.39 is 0 Å². The van der Waals surface area contributed by atoms with E-state index in [1.54, 1.807) is 11.8 Å². The van der Waals surface area contributed by atoms with E-state index in [1.807, 2.05) is 0 Å². The lowest BCUT2D eigenvalue weighted by Crippen LogP contribution is -2.03. The average Bonchev–Trinajstić information content (AvgIpc) is 2.89. The van der Waals surface area contributed by atoms with Gasteiger partial charge in [0.2, 0.25) is 0 Å². The van der Waals surface area contributed by atoms with Gasteiger partial charge in [-0.3, -0.25) is 0 Å². The molecule has 178 valence electrons. The van der Waals surface area contributed by atoms with E-state index in [2.05, 4.69) is 91.5 Å². The summed E-state index contributed by atoms with van der Waals surface area (Å²) in [6.45, 7) is 5.99. The summed E-state index contributed by atoms with van der Waals surface area (Å²) in [4.78, 5) is 0. The van der Waals surface area contributed by atoms with E-state index in [0.29, 0.717) is 6.61 Å². The van der Waals surface area contributed by atoms with Gasteiger partial charge in [-0.15, -0.1) is 0 Å². The van der Waals surface area contributed by atoms with Crippen molar-refractivity contribution in [2.75, 3.05) is 37.9 Å². The second kappa shape index (κ2) is 15.2. The van der Waals surface area contributed by atoms with Crippen LogP contribution in [0.4, 0.5) is 0 Å². The molecule has 0 aromatic heterocycles. The normalized spacial score (nSPS) is 10.6. The number of aliphatic hydroxyl groups excluding tert-OH is 1. The van der Waals surface area contributed by atoms with E-state index in [-0.39, 0.29) is 6.61 Å². The molecule has 1 N–H and O–H groups in total. The van der Waals surface area contributed by atoms with Crippen molar-refractivity contribution < 1.29 is 14.6 Å².